The lowest BCUT2D eigenvalue weighted by Gasteiger charge is -2.04. The topological polar surface area (TPSA) is 74.5 Å². The molecule has 1 heterocycles. The molecule has 26 heavy (non-hydrogen) atoms. The molecule has 3 rings (SSSR count). The van der Waals surface area contributed by atoms with Crippen molar-refractivity contribution >= 4 is 21.9 Å². The van der Waals surface area contributed by atoms with Gasteiger partial charge >= 0.3 is 5.97 Å². The van der Waals surface area contributed by atoms with Crippen LogP contribution in [0.4, 0.5) is 4.39 Å². The SMILES string of the molecule is COCc1cc(-c2nc(-c3ccc(C(=O)OC)c(F)c3)no2)ccc1Br. The number of ether oxygens (including phenoxy) is 2. The van der Waals surface area contributed by atoms with E-state index in [9.17, 15) is 9.18 Å². The summed E-state index contributed by atoms with van der Waals surface area (Å²) in [6.45, 7) is 0.426. The number of nitrogens with zero attached hydrogens (tertiary/aromatic N) is 2. The molecule has 3 aromatic rings. The number of hydrogen-bond acceptors (Lipinski definition) is 6. The average molecular weight is 421 g/mol. The van der Waals surface area contributed by atoms with Crippen LogP contribution in [0.1, 0.15) is 15.9 Å². The smallest absolute Gasteiger partial charge is 0.340 e. The van der Waals surface area contributed by atoms with Crippen LogP contribution in [0.2, 0.25) is 0 Å². The summed E-state index contributed by atoms with van der Waals surface area (Å²) in [5.74, 6) is -0.955. The Kier molecular flexibility index (Phi) is 5.43. The molecule has 2 aromatic carbocycles. The van der Waals surface area contributed by atoms with Gasteiger partial charge < -0.3 is 14.0 Å². The van der Waals surface area contributed by atoms with E-state index in [0.29, 0.717) is 23.6 Å². The number of carbonyl (C=O) groups excluding carboxylic acids is 1. The van der Waals surface area contributed by atoms with Crippen LogP contribution in [0.25, 0.3) is 22.8 Å². The summed E-state index contributed by atoms with van der Waals surface area (Å²) in [6, 6.07) is 9.56. The van der Waals surface area contributed by atoms with Crippen LogP contribution in [-0.2, 0) is 16.1 Å². The lowest BCUT2D eigenvalue weighted by Crippen LogP contribution is -2.04. The highest BCUT2D eigenvalue weighted by molar-refractivity contribution is 9.10. The molecule has 8 heteroatoms. The number of methoxy groups -OCH3 is 2. The molecule has 6 nitrogen and oxygen atoms in total. The van der Waals surface area contributed by atoms with E-state index < -0.39 is 11.8 Å². The van der Waals surface area contributed by atoms with E-state index >= 15 is 0 Å². The van der Waals surface area contributed by atoms with Crippen molar-refractivity contribution in [2.24, 2.45) is 0 Å². The van der Waals surface area contributed by atoms with Crippen molar-refractivity contribution < 1.29 is 23.2 Å². The fourth-order valence-corrected chi connectivity index (χ4v) is 2.72. The standard InChI is InChI=1S/C18H14BrFN2O4/c1-24-9-12-7-11(4-6-14(12)19)17-21-16(22-26-17)10-3-5-13(15(20)8-10)18(23)25-2/h3-8H,9H2,1-2H3. The third-order valence-electron chi connectivity index (χ3n) is 3.65. The second kappa shape index (κ2) is 7.76. The van der Waals surface area contributed by atoms with E-state index in [0.717, 1.165) is 10.0 Å². The average Bonchev–Trinajstić information content (AvgIpc) is 3.13. The lowest BCUT2D eigenvalue weighted by atomic mass is 10.1. The van der Waals surface area contributed by atoms with Gasteiger partial charge in [0.15, 0.2) is 0 Å². The quantitative estimate of drug-likeness (QED) is 0.574. The summed E-state index contributed by atoms with van der Waals surface area (Å²) < 4.78 is 29.9. The monoisotopic (exact) mass is 420 g/mol. The number of esters is 1. The molecule has 1 aromatic heterocycles. The maximum atomic E-state index is 14.1. The maximum Gasteiger partial charge on any atom is 0.340 e. The first-order valence-corrected chi connectivity index (χ1v) is 8.32. The number of benzene rings is 2. The summed E-state index contributed by atoms with van der Waals surface area (Å²) in [7, 11) is 2.80. The molecule has 0 aliphatic rings. The molecule has 0 unspecified atom stereocenters. The van der Waals surface area contributed by atoms with E-state index in [1.807, 2.05) is 18.2 Å². The molecule has 0 saturated carbocycles. The molecule has 0 amide bonds. The molecule has 0 N–H and O–H groups in total. The number of aromatic nitrogens is 2. The van der Waals surface area contributed by atoms with Crippen LogP contribution in [0, 0.1) is 5.82 Å². The zero-order valence-electron chi connectivity index (χ0n) is 14.0. The largest absolute Gasteiger partial charge is 0.465 e. The molecule has 0 radical (unpaired) electrons. The summed E-state index contributed by atoms with van der Waals surface area (Å²) >= 11 is 3.45. The highest BCUT2D eigenvalue weighted by atomic mass is 79.9. The molecule has 0 bridgehead atoms. The predicted molar refractivity (Wildman–Crippen MR) is 94.9 cm³/mol. The fourth-order valence-electron chi connectivity index (χ4n) is 2.36. The van der Waals surface area contributed by atoms with Gasteiger partial charge in [0.05, 0.1) is 19.3 Å². The van der Waals surface area contributed by atoms with Gasteiger partial charge in [-0.2, -0.15) is 4.98 Å². The van der Waals surface area contributed by atoms with Gasteiger partial charge in [-0.3, -0.25) is 0 Å². The van der Waals surface area contributed by atoms with E-state index in [2.05, 4.69) is 30.8 Å². The van der Waals surface area contributed by atoms with Crippen molar-refractivity contribution in [3.8, 4) is 22.8 Å². The summed E-state index contributed by atoms with van der Waals surface area (Å²) in [4.78, 5) is 15.8. The number of hydrogen-bond donors (Lipinski definition) is 0. The molecule has 0 aliphatic carbocycles. The van der Waals surface area contributed by atoms with Crippen LogP contribution < -0.4 is 0 Å². The van der Waals surface area contributed by atoms with Crippen LogP contribution in [-0.4, -0.2) is 30.3 Å². The fraction of sp³-hybridized carbons (Fsp3) is 0.167. The minimum atomic E-state index is -0.747. The Balaban J connectivity index is 1.92. The van der Waals surface area contributed by atoms with Crippen LogP contribution in [0.5, 0.6) is 0 Å². The first-order valence-electron chi connectivity index (χ1n) is 7.53. The first kappa shape index (κ1) is 18.2. The summed E-state index contributed by atoms with van der Waals surface area (Å²) in [6.07, 6.45) is 0. The molecule has 0 saturated heterocycles. The van der Waals surface area contributed by atoms with Crippen molar-refractivity contribution in [2.45, 2.75) is 6.61 Å². The van der Waals surface area contributed by atoms with E-state index in [1.54, 1.807) is 7.11 Å². The molecule has 0 aliphatic heterocycles. The zero-order chi connectivity index (χ0) is 18.7. The van der Waals surface area contributed by atoms with Crippen molar-refractivity contribution in [1.82, 2.24) is 10.1 Å². The van der Waals surface area contributed by atoms with Crippen molar-refractivity contribution in [3.63, 3.8) is 0 Å². The zero-order valence-corrected chi connectivity index (χ0v) is 15.5. The second-order valence-electron chi connectivity index (χ2n) is 5.35. The van der Waals surface area contributed by atoms with Gasteiger partial charge in [-0.1, -0.05) is 21.1 Å². The Hall–Kier alpha value is -2.58. The van der Waals surface area contributed by atoms with E-state index in [4.69, 9.17) is 9.26 Å². The maximum absolute atomic E-state index is 14.1. The predicted octanol–water partition coefficient (Wildman–Crippen LogP) is 4.24. The van der Waals surface area contributed by atoms with E-state index in [-0.39, 0.29) is 11.4 Å². The van der Waals surface area contributed by atoms with Gasteiger partial charge in [0.2, 0.25) is 5.82 Å². The van der Waals surface area contributed by atoms with Crippen LogP contribution in [0.15, 0.2) is 45.4 Å². The second-order valence-corrected chi connectivity index (χ2v) is 6.20. The van der Waals surface area contributed by atoms with Crippen molar-refractivity contribution in [3.05, 3.63) is 57.8 Å². The number of rotatable bonds is 5. The molecule has 134 valence electrons. The Bertz CT molecular complexity index is 958. The first-order chi connectivity index (χ1) is 12.5. The normalized spacial score (nSPS) is 10.8. The van der Waals surface area contributed by atoms with Gasteiger partial charge in [-0.15, -0.1) is 0 Å². The Morgan fingerprint density at radius 1 is 1.19 bits per heavy atom. The third kappa shape index (κ3) is 3.66. The van der Waals surface area contributed by atoms with Gasteiger partial charge in [0.25, 0.3) is 5.89 Å². The van der Waals surface area contributed by atoms with Crippen LogP contribution >= 0.6 is 15.9 Å². The molecule has 0 spiro atoms. The van der Waals surface area contributed by atoms with Gasteiger partial charge in [-0.25, -0.2) is 9.18 Å². The Morgan fingerprint density at radius 2 is 1.96 bits per heavy atom. The van der Waals surface area contributed by atoms with Crippen LogP contribution in [0.3, 0.4) is 0 Å². The minimum absolute atomic E-state index is 0.155. The minimum Gasteiger partial charge on any atom is -0.465 e. The van der Waals surface area contributed by atoms with Crippen molar-refractivity contribution in [2.75, 3.05) is 14.2 Å². The Morgan fingerprint density at radius 3 is 2.65 bits per heavy atom. The van der Waals surface area contributed by atoms with Gasteiger partial charge in [0.1, 0.15) is 5.82 Å². The highest BCUT2D eigenvalue weighted by Gasteiger charge is 2.16. The summed E-state index contributed by atoms with van der Waals surface area (Å²) in [5, 5.41) is 3.88. The highest BCUT2D eigenvalue weighted by Crippen LogP contribution is 2.27. The number of carbonyl (C=O) groups is 1. The van der Waals surface area contributed by atoms with E-state index in [1.165, 1.54) is 25.3 Å². The molecular weight excluding hydrogens is 407 g/mol. The van der Waals surface area contributed by atoms with Gasteiger partial charge in [-0.05, 0) is 42.0 Å². The summed E-state index contributed by atoms with van der Waals surface area (Å²) in [5.41, 5.74) is 1.88. The van der Waals surface area contributed by atoms with Gasteiger partial charge in [0, 0.05) is 22.7 Å². The number of halogens is 2. The molecule has 0 atom stereocenters. The van der Waals surface area contributed by atoms with Crippen molar-refractivity contribution in [1.29, 1.82) is 0 Å². The molecule has 0 fully saturated rings. The molecular formula is C18H14BrFN2O4. The third-order valence-corrected chi connectivity index (χ3v) is 4.42. The lowest BCUT2D eigenvalue weighted by molar-refractivity contribution is 0.0595. The Labute approximate surface area is 157 Å².